The maximum absolute atomic E-state index is 11.9. The third-order valence-electron chi connectivity index (χ3n) is 4.46. The van der Waals surface area contributed by atoms with Gasteiger partial charge in [0.2, 0.25) is 5.76 Å². The molecule has 130 valence electrons. The third-order valence-corrected chi connectivity index (χ3v) is 5.47. The first-order valence-corrected chi connectivity index (χ1v) is 8.68. The molecular weight excluding hydrogens is 330 g/mol. The van der Waals surface area contributed by atoms with Crippen LogP contribution < -0.4 is 5.32 Å². The second kappa shape index (κ2) is 7.02. The van der Waals surface area contributed by atoms with Gasteiger partial charge in [0.25, 0.3) is 5.91 Å². The van der Waals surface area contributed by atoms with Gasteiger partial charge in [0.05, 0.1) is 12.3 Å². The standard InChI is InChI=1S/C16H21N3O4S/c1-11-2-5-24-13(11)7-19-4-3-16(22,14(20)8-19)9-18-15(21)12-6-17-10-23-12/h2,5-6,10,14,20,22H,3-4,7-9H2,1H3,(H,18,21)/t14-,16-/m1/s1. The zero-order valence-electron chi connectivity index (χ0n) is 13.4. The van der Waals surface area contributed by atoms with Gasteiger partial charge in [-0.2, -0.15) is 0 Å². The molecule has 2 atom stereocenters. The quantitative estimate of drug-likeness (QED) is 0.736. The zero-order chi connectivity index (χ0) is 17.2. The van der Waals surface area contributed by atoms with Crippen LogP contribution in [0.25, 0.3) is 0 Å². The summed E-state index contributed by atoms with van der Waals surface area (Å²) in [6.07, 6.45) is 1.93. The molecule has 1 saturated heterocycles. The van der Waals surface area contributed by atoms with Gasteiger partial charge >= 0.3 is 0 Å². The Kier molecular flexibility index (Phi) is 5.00. The molecule has 1 aliphatic rings. The second-order valence-corrected chi connectivity index (χ2v) is 7.18. The molecule has 3 N–H and O–H groups in total. The second-order valence-electron chi connectivity index (χ2n) is 6.18. The van der Waals surface area contributed by atoms with Crippen LogP contribution in [-0.4, -0.2) is 57.3 Å². The summed E-state index contributed by atoms with van der Waals surface area (Å²) in [5.74, 6) is -0.372. The molecule has 3 heterocycles. The molecule has 24 heavy (non-hydrogen) atoms. The van der Waals surface area contributed by atoms with Crippen LogP contribution in [0.5, 0.6) is 0 Å². The number of carbonyl (C=O) groups excluding carboxylic acids is 1. The van der Waals surface area contributed by atoms with E-state index in [-0.39, 0.29) is 12.3 Å². The number of hydrogen-bond acceptors (Lipinski definition) is 7. The monoisotopic (exact) mass is 351 g/mol. The molecule has 1 aliphatic heterocycles. The van der Waals surface area contributed by atoms with Gasteiger partial charge in [-0.3, -0.25) is 9.69 Å². The zero-order valence-corrected chi connectivity index (χ0v) is 14.3. The number of rotatable bonds is 5. The van der Waals surface area contributed by atoms with E-state index in [4.69, 9.17) is 4.42 Å². The van der Waals surface area contributed by atoms with E-state index in [0.29, 0.717) is 19.5 Å². The summed E-state index contributed by atoms with van der Waals surface area (Å²) in [4.78, 5) is 18.9. The van der Waals surface area contributed by atoms with Crippen molar-refractivity contribution >= 4 is 17.2 Å². The molecular formula is C16H21N3O4S. The number of hydrogen-bond donors (Lipinski definition) is 3. The number of aryl methyl sites for hydroxylation is 1. The Labute approximate surface area is 143 Å². The van der Waals surface area contributed by atoms with E-state index in [1.807, 2.05) is 0 Å². The van der Waals surface area contributed by atoms with E-state index in [1.165, 1.54) is 23.0 Å². The van der Waals surface area contributed by atoms with Gasteiger partial charge in [0.15, 0.2) is 6.39 Å². The number of aliphatic hydroxyl groups excluding tert-OH is 1. The lowest BCUT2D eigenvalue weighted by atomic mass is 9.88. The number of nitrogens with zero attached hydrogens (tertiary/aromatic N) is 2. The Balaban J connectivity index is 1.54. The summed E-state index contributed by atoms with van der Waals surface area (Å²) in [5, 5.41) is 25.7. The van der Waals surface area contributed by atoms with Gasteiger partial charge in [0.1, 0.15) is 5.60 Å². The van der Waals surface area contributed by atoms with Crippen molar-refractivity contribution in [3.63, 3.8) is 0 Å². The van der Waals surface area contributed by atoms with Crippen LogP contribution in [0.2, 0.25) is 0 Å². The number of carbonyl (C=O) groups is 1. The molecule has 2 aromatic rings. The van der Waals surface area contributed by atoms with Crippen LogP contribution >= 0.6 is 11.3 Å². The largest absolute Gasteiger partial charge is 0.438 e. The van der Waals surface area contributed by atoms with Crippen molar-refractivity contribution < 1.29 is 19.4 Å². The fourth-order valence-corrected chi connectivity index (χ4v) is 3.74. The number of oxazole rings is 1. The lowest BCUT2D eigenvalue weighted by molar-refractivity contribution is -0.116. The van der Waals surface area contributed by atoms with Crippen molar-refractivity contribution in [2.45, 2.75) is 31.6 Å². The van der Waals surface area contributed by atoms with Crippen LogP contribution in [-0.2, 0) is 6.54 Å². The topological polar surface area (TPSA) is 98.8 Å². The average molecular weight is 351 g/mol. The number of aliphatic hydroxyl groups is 2. The van der Waals surface area contributed by atoms with Gasteiger partial charge in [0, 0.05) is 31.1 Å². The highest BCUT2D eigenvalue weighted by molar-refractivity contribution is 7.10. The van der Waals surface area contributed by atoms with Gasteiger partial charge in [-0.15, -0.1) is 11.3 Å². The predicted molar refractivity (Wildman–Crippen MR) is 88.7 cm³/mol. The van der Waals surface area contributed by atoms with Crippen molar-refractivity contribution in [3.8, 4) is 0 Å². The number of likely N-dealkylation sites (tertiary alicyclic amines) is 1. The average Bonchev–Trinajstić information content (AvgIpc) is 3.22. The maximum atomic E-state index is 11.9. The molecule has 2 aromatic heterocycles. The molecule has 0 aliphatic carbocycles. The molecule has 8 heteroatoms. The van der Waals surface area contributed by atoms with Crippen molar-refractivity contribution in [2.24, 2.45) is 0 Å². The number of amides is 1. The minimum absolute atomic E-state index is 0.0282. The number of piperidine rings is 1. The highest BCUT2D eigenvalue weighted by atomic mass is 32.1. The Bertz CT molecular complexity index is 687. The van der Waals surface area contributed by atoms with E-state index in [2.05, 4.69) is 33.6 Å². The fraction of sp³-hybridized carbons (Fsp3) is 0.500. The van der Waals surface area contributed by atoms with E-state index < -0.39 is 17.6 Å². The fourth-order valence-electron chi connectivity index (χ4n) is 2.79. The van der Waals surface area contributed by atoms with Crippen molar-refractivity contribution in [3.05, 3.63) is 40.2 Å². The highest BCUT2D eigenvalue weighted by Crippen LogP contribution is 2.25. The van der Waals surface area contributed by atoms with Gasteiger partial charge < -0.3 is 19.9 Å². The Hall–Kier alpha value is -1.74. The third kappa shape index (κ3) is 3.67. The molecule has 0 spiro atoms. The summed E-state index contributed by atoms with van der Waals surface area (Å²) in [6, 6.07) is 2.08. The number of aromatic nitrogens is 1. The molecule has 7 nitrogen and oxygen atoms in total. The summed E-state index contributed by atoms with van der Waals surface area (Å²) in [7, 11) is 0. The van der Waals surface area contributed by atoms with Crippen molar-refractivity contribution in [1.82, 2.24) is 15.2 Å². The first-order valence-electron chi connectivity index (χ1n) is 7.80. The molecule has 1 amide bonds. The van der Waals surface area contributed by atoms with Crippen LogP contribution in [0.1, 0.15) is 27.4 Å². The van der Waals surface area contributed by atoms with Crippen LogP contribution in [0.15, 0.2) is 28.5 Å². The number of thiophene rings is 1. The molecule has 0 bridgehead atoms. The van der Waals surface area contributed by atoms with Gasteiger partial charge in [-0.1, -0.05) is 0 Å². The van der Waals surface area contributed by atoms with E-state index in [9.17, 15) is 15.0 Å². The first kappa shape index (κ1) is 17.1. The molecule has 0 radical (unpaired) electrons. The minimum Gasteiger partial charge on any atom is -0.438 e. The van der Waals surface area contributed by atoms with Crippen LogP contribution in [0, 0.1) is 6.92 Å². The Morgan fingerprint density at radius 1 is 1.62 bits per heavy atom. The van der Waals surface area contributed by atoms with Gasteiger partial charge in [-0.25, -0.2) is 4.98 Å². The minimum atomic E-state index is -1.34. The summed E-state index contributed by atoms with van der Waals surface area (Å²) >= 11 is 1.70. The van der Waals surface area contributed by atoms with Crippen LogP contribution in [0.4, 0.5) is 0 Å². The Morgan fingerprint density at radius 2 is 2.46 bits per heavy atom. The van der Waals surface area contributed by atoms with Crippen molar-refractivity contribution in [1.29, 1.82) is 0 Å². The lowest BCUT2D eigenvalue weighted by Gasteiger charge is -2.42. The highest BCUT2D eigenvalue weighted by Gasteiger charge is 2.41. The molecule has 3 rings (SSSR count). The smallest absolute Gasteiger partial charge is 0.288 e. The van der Waals surface area contributed by atoms with E-state index >= 15 is 0 Å². The van der Waals surface area contributed by atoms with E-state index in [1.54, 1.807) is 11.3 Å². The summed E-state index contributed by atoms with van der Waals surface area (Å²) in [5.41, 5.74) is -0.0916. The Morgan fingerprint density at radius 3 is 3.08 bits per heavy atom. The molecule has 0 aromatic carbocycles. The van der Waals surface area contributed by atoms with E-state index in [0.717, 1.165) is 6.54 Å². The van der Waals surface area contributed by atoms with Crippen LogP contribution in [0.3, 0.4) is 0 Å². The summed E-state index contributed by atoms with van der Waals surface area (Å²) in [6.45, 7) is 3.83. The summed E-state index contributed by atoms with van der Waals surface area (Å²) < 4.78 is 4.91. The number of β-amino-alcohol motifs (C(OH)–C–C–N with tert-alkyl or cyclic N) is 1. The predicted octanol–water partition coefficient (Wildman–Crippen LogP) is 0.772. The maximum Gasteiger partial charge on any atom is 0.288 e. The van der Waals surface area contributed by atoms with Crippen molar-refractivity contribution in [2.75, 3.05) is 19.6 Å². The first-order chi connectivity index (χ1) is 11.5. The SMILES string of the molecule is Cc1ccsc1CN1CC[C@@](O)(CNC(=O)c2cnco2)[C@H](O)C1. The molecule has 0 unspecified atom stereocenters. The normalized spacial score (nSPS) is 24.9. The molecule has 1 fully saturated rings. The van der Waals surface area contributed by atoms with Gasteiger partial charge in [-0.05, 0) is 30.4 Å². The number of nitrogens with one attached hydrogen (secondary N) is 1. The lowest BCUT2D eigenvalue weighted by Crippen LogP contribution is -2.60. The molecule has 0 saturated carbocycles.